The van der Waals surface area contributed by atoms with Crippen LogP contribution < -0.4 is 0 Å². The van der Waals surface area contributed by atoms with Crippen molar-refractivity contribution in [3.05, 3.63) is 46.8 Å². The second-order valence-corrected chi connectivity index (χ2v) is 6.60. The Hall–Kier alpha value is -1.70. The summed E-state index contributed by atoms with van der Waals surface area (Å²) in [6.45, 7) is 8.91. The van der Waals surface area contributed by atoms with E-state index in [1.165, 1.54) is 35.4 Å². The van der Waals surface area contributed by atoms with E-state index < -0.39 is 0 Å². The molecule has 0 N–H and O–H groups in total. The summed E-state index contributed by atoms with van der Waals surface area (Å²) in [5, 5.41) is 0. The average molecular weight is 325 g/mol. The summed E-state index contributed by atoms with van der Waals surface area (Å²) in [6.07, 6.45) is 8.95. The fraction of sp³-hybridized carbons (Fsp3) is 0.545. The number of rotatable bonds is 9. The molecule has 2 heteroatoms. The molecule has 0 spiro atoms. The van der Waals surface area contributed by atoms with Gasteiger partial charge in [-0.1, -0.05) is 65.5 Å². The van der Waals surface area contributed by atoms with E-state index >= 15 is 0 Å². The summed E-state index contributed by atoms with van der Waals surface area (Å²) in [5.41, 5.74) is 7.37. The van der Waals surface area contributed by atoms with Crippen molar-refractivity contribution in [1.82, 2.24) is 9.97 Å². The first kappa shape index (κ1) is 18.6. The van der Waals surface area contributed by atoms with Gasteiger partial charge in [0.15, 0.2) is 0 Å². The molecule has 0 saturated heterocycles. The molecule has 0 unspecified atom stereocenters. The van der Waals surface area contributed by atoms with Crippen LogP contribution in [0, 0.1) is 0 Å². The maximum atomic E-state index is 4.97. The lowest BCUT2D eigenvalue weighted by atomic mass is 10.0. The summed E-state index contributed by atoms with van der Waals surface area (Å²) in [4.78, 5) is 9.93. The quantitative estimate of drug-likeness (QED) is 0.569. The maximum absolute atomic E-state index is 4.97. The first-order chi connectivity index (χ1) is 11.7. The number of hydrogen-bond donors (Lipinski definition) is 0. The van der Waals surface area contributed by atoms with E-state index in [0.717, 1.165) is 49.9 Å². The minimum absolute atomic E-state index is 1.03. The van der Waals surface area contributed by atoms with Crippen LogP contribution in [0.5, 0.6) is 0 Å². The highest BCUT2D eigenvalue weighted by atomic mass is 14.8. The van der Waals surface area contributed by atoms with Crippen LogP contribution in [0.4, 0.5) is 0 Å². The molecular weight excluding hydrogens is 292 g/mol. The molecule has 0 aromatic carbocycles. The molecule has 2 aromatic rings. The average Bonchev–Trinajstić information content (AvgIpc) is 2.59. The van der Waals surface area contributed by atoms with Gasteiger partial charge >= 0.3 is 0 Å². The van der Waals surface area contributed by atoms with E-state index in [9.17, 15) is 0 Å². The van der Waals surface area contributed by atoms with Gasteiger partial charge in [0.2, 0.25) is 0 Å². The highest BCUT2D eigenvalue weighted by Gasteiger charge is 2.10. The standard InChI is InChI=1S/C22H32N2/c1-5-9-17-13-15-21(23-19(17)11-7-3)22-16-14-18(10-6-2)20(24-22)12-8-4/h13-16H,5-12H2,1-4H3. The van der Waals surface area contributed by atoms with E-state index in [0.29, 0.717) is 0 Å². The lowest BCUT2D eigenvalue weighted by Gasteiger charge is -2.12. The molecule has 0 bridgehead atoms. The van der Waals surface area contributed by atoms with E-state index in [2.05, 4.69) is 52.0 Å². The Morgan fingerprint density at radius 2 is 0.917 bits per heavy atom. The van der Waals surface area contributed by atoms with E-state index in [1.807, 2.05) is 0 Å². The second kappa shape index (κ2) is 9.56. The van der Waals surface area contributed by atoms with Crippen molar-refractivity contribution < 1.29 is 0 Å². The Balaban J connectivity index is 2.39. The monoisotopic (exact) mass is 324 g/mol. The van der Waals surface area contributed by atoms with Gasteiger partial charge in [0.1, 0.15) is 0 Å². The molecule has 24 heavy (non-hydrogen) atoms. The van der Waals surface area contributed by atoms with Crippen LogP contribution in [0.3, 0.4) is 0 Å². The summed E-state index contributed by atoms with van der Waals surface area (Å²) in [5.74, 6) is 0. The molecule has 2 heterocycles. The largest absolute Gasteiger partial charge is 0.251 e. The third-order valence-corrected chi connectivity index (χ3v) is 4.41. The van der Waals surface area contributed by atoms with Crippen LogP contribution >= 0.6 is 0 Å². The van der Waals surface area contributed by atoms with Gasteiger partial charge in [0.25, 0.3) is 0 Å². The Labute approximate surface area is 147 Å². The fourth-order valence-corrected chi connectivity index (χ4v) is 3.25. The molecule has 0 aliphatic heterocycles. The highest BCUT2D eigenvalue weighted by molar-refractivity contribution is 5.56. The molecule has 0 fully saturated rings. The molecular formula is C22H32N2. The van der Waals surface area contributed by atoms with Gasteiger partial charge in [-0.2, -0.15) is 0 Å². The van der Waals surface area contributed by atoms with Crippen LogP contribution in [0.15, 0.2) is 24.3 Å². The predicted octanol–water partition coefficient (Wildman–Crippen LogP) is 5.95. The normalized spacial score (nSPS) is 11.0. The van der Waals surface area contributed by atoms with Crippen molar-refractivity contribution in [2.45, 2.75) is 79.1 Å². The van der Waals surface area contributed by atoms with Crippen molar-refractivity contribution >= 4 is 0 Å². The van der Waals surface area contributed by atoms with Gasteiger partial charge < -0.3 is 0 Å². The topological polar surface area (TPSA) is 25.8 Å². The molecule has 2 nitrogen and oxygen atoms in total. The van der Waals surface area contributed by atoms with Crippen molar-refractivity contribution in [3.63, 3.8) is 0 Å². The highest BCUT2D eigenvalue weighted by Crippen LogP contribution is 2.22. The number of nitrogens with zero attached hydrogens (tertiary/aromatic N) is 2. The fourth-order valence-electron chi connectivity index (χ4n) is 3.25. The summed E-state index contributed by atoms with van der Waals surface area (Å²) >= 11 is 0. The summed E-state index contributed by atoms with van der Waals surface area (Å²) < 4.78 is 0. The first-order valence-electron chi connectivity index (χ1n) is 9.71. The van der Waals surface area contributed by atoms with Gasteiger partial charge in [0, 0.05) is 11.4 Å². The second-order valence-electron chi connectivity index (χ2n) is 6.60. The lowest BCUT2D eigenvalue weighted by Crippen LogP contribution is -2.03. The van der Waals surface area contributed by atoms with Gasteiger partial charge in [-0.05, 0) is 48.9 Å². The molecule has 0 aliphatic carbocycles. The van der Waals surface area contributed by atoms with Gasteiger partial charge in [-0.15, -0.1) is 0 Å². The maximum Gasteiger partial charge on any atom is 0.0889 e. The Bertz CT molecular complexity index is 589. The minimum atomic E-state index is 1.03. The van der Waals surface area contributed by atoms with Crippen LogP contribution in [-0.4, -0.2) is 9.97 Å². The van der Waals surface area contributed by atoms with Crippen LogP contribution in [0.1, 0.15) is 75.9 Å². The van der Waals surface area contributed by atoms with Crippen LogP contribution in [0.25, 0.3) is 11.4 Å². The van der Waals surface area contributed by atoms with Crippen molar-refractivity contribution in [3.8, 4) is 11.4 Å². The Morgan fingerprint density at radius 1 is 0.542 bits per heavy atom. The molecule has 2 aromatic heterocycles. The Morgan fingerprint density at radius 3 is 1.25 bits per heavy atom. The minimum Gasteiger partial charge on any atom is -0.251 e. The van der Waals surface area contributed by atoms with Crippen LogP contribution in [-0.2, 0) is 25.7 Å². The summed E-state index contributed by atoms with van der Waals surface area (Å²) in [6, 6.07) is 8.83. The number of pyridine rings is 2. The zero-order chi connectivity index (χ0) is 17.4. The molecule has 0 atom stereocenters. The third-order valence-electron chi connectivity index (χ3n) is 4.41. The molecule has 2 rings (SSSR count). The lowest BCUT2D eigenvalue weighted by molar-refractivity contribution is 0.822. The zero-order valence-electron chi connectivity index (χ0n) is 15.9. The molecule has 0 aliphatic rings. The number of hydrogen-bond acceptors (Lipinski definition) is 2. The van der Waals surface area contributed by atoms with E-state index in [-0.39, 0.29) is 0 Å². The molecule has 0 radical (unpaired) electrons. The zero-order valence-corrected chi connectivity index (χ0v) is 15.9. The van der Waals surface area contributed by atoms with E-state index in [1.54, 1.807) is 0 Å². The molecule has 130 valence electrons. The van der Waals surface area contributed by atoms with Crippen molar-refractivity contribution in [2.75, 3.05) is 0 Å². The molecule has 0 saturated carbocycles. The predicted molar refractivity (Wildman–Crippen MR) is 103 cm³/mol. The van der Waals surface area contributed by atoms with Crippen molar-refractivity contribution in [1.29, 1.82) is 0 Å². The van der Waals surface area contributed by atoms with Gasteiger partial charge in [0.05, 0.1) is 11.4 Å². The van der Waals surface area contributed by atoms with Crippen molar-refractivity contribution in [2.24, 2.45) is 0 Å². The summed E-state index contributed by atoms with van der Waals surface area (Å²) in [7, 11) is 0. The number of aromatic nitrogens is 2. The van der Waals surface area contributed by atoms with Crippen LogP contribution in [0.2, 0.25) is 0 Å². The smallest absolute Gasteiger partial charge is 0.0889 e. The van der Waals surface area contributed by atoms with Gasteiger partial charge in [-0.3, -0.25) is 9.97 Å². The first-order valence-corrected chi connectivity index (χ1v) is 9.71. The number of aryl methyl sites for hydroxylation is 4. The Kier molecular flexibility index (Phi) is 7.42. The molecule has 0 amide bonds. The SMILES string of the molecule is CCCc1ccc(-c2ccc(CCC)c(CCC)n2)nc1CCC. The third kappa shape index (κ3) is 4.66. The van der Waals surface area contributed by atoms with E-state index in [4.69, 9.17) is 9.97 Å². The van der Waals surface area contributed by atoms with Gasteiger partial charge in [-0.25, -0.2) is 0 Å².